The first kappa shape index (κ1) is 19.7. The second-order valence-electron chi connectivity index (χ2n) is 6.05. The Morgan fingerprint density at radius 1 is 0.857 bits per heavy atom. The number of ether oxygens (including phenoxy) is 4. The maximum absolute atomic E-state index is 5.80. The molecule has 0 saturated carbocycles. The predicted molar refractivity (Wildman–Crippen MR) is 111 cm³/mol. The molecule has 5 heteroatoms. The zero-order valence-electron chi connectivity index (χ0n) is 16.3. The zero-order chi connectivity index (χ0) is 19.6. The fourth-order valence-electron chi connectivity index (χ4n) is 2.82. The molecule has 3 aromatic rings. The van der Waals surface area contributed by atoms with Crippen LogP contribution in [-0.4, -0.2) is 38.5 Å². The van der Waals surface area contributed by atoms with Gasteiger partial charge in [-0.1, -0.05) is 36.4 Å². The van der Waals surface area contributed by atoms with Crippen molar-refractivity contribution in [2.24, 2.45) is 0 Å². The predicted octanol–water partition coefficient (Wildman–Crippen LogP) is 4.75. The van der Waals surface area contributed by atoms with Gasteiger partial charge >= 0.3 is 0 Å². The van der Waals surface area contributed by atoms with Gasteiger partial charge in [-0.25, -0.2) is 0 Å². The molecule has 1 heterocycles. The highest BCUT2D eigenvalue weighted by Crippen LogP contribution is 2.28. The number of nitrogens with zero attached hydrogens (tertiary/aromatic N) is 1. The van der Waals surface area contributed by atoms with E-state index in [9.17, 15) is 0 Å². The summed E-state index contributed by atoms with van der Waals surface area (Å²) in [5.41, 5.74) is 1.94. The third-order valence-corrected chi connectivity index (χ3v) is 4.11. The molecule has 0 unspecified atom stereocenters. The van der Waals surface area contributed by atoms with Gasteiger partial charge < -0.3 is 18.9 Å². The molecule has 0 radical (unpaired) electrons. The Hall–Kier alpha value is -3.05. The Kier molecular flexibility index (Phi) is 7.27. The fourth-order valence-corrected chi connectivity index (χ4v) is 2.82. The molecule has 0 aliphatic carbocycles. The first-order valence-corrected chi connectivity index (χ1v) is 9.29. The summed E-state index contributed by atoms with van der Waals surface area (Å²) in [5, 5.41) is 1.06. The molecule has 0 N–H and O–H groups in total. The highest BCUT2D eigenvalue weighted by Gasteiger charge is 2.05. The highest BCUT2D eigenvalue weighted by molar-refractivity contribution is 5.84. The van der Waals surface area contributed by atoms with Crippen molar-refractivity contribution in [1.82, 2.24) is 4.98 Å². The third-order valence-electron chi connectivity index (χ3n) is 4.11. The van der Waals surface area contributed by atoms with Crippen LogP contribution in [0.3, 0.4) is 0 Å². The molecule has 0 bridgehead atoms. The van der Waals surface area contributed by atoms with Crippen molar-refractivity contribution in [3.8, 4) is 17.2 Å². The average molecular weight is 379 g/mol. The van der Waals surface area contributed by atoms with E-state index in [1.54, 1.807) is 13.3 Å². The topological polar surface area (TPSA) is 49.8 Å². The van der Waals surface area contributed by atoms with Gasteiger partial charge in [-0.2, -0.15) is 0 Å². The standard InChI is InChI=1S/C23H25NO4/c1-3-6-18-10-11-20(22(17-18)25-2)27-15-13-26-14-16-28-21-9-4-7-19-8-5-12-24-23(19)21/h3-12,17H,13-16H2,1-2H3. The Morgan fingerprint density at radius 3 is 2.43 bits per heavy atom. The van der Waals surface area contributed by atoms with Crippen LogP contribution in [0.2, 0.25) is 0 Å². The zero-order valence-corrected chi connectivity index (χ0v) is 16.3. The molecule has 0 fully saturated rings. The molecular weight excluding hydrogens is 354 g/mol. The van der Waals surface area contributed by atoms with E-state index in [-0.39, 0.29) is 0 Å². The Bertz CT molecular complexity index is 918. The summed E-state index contributed by atoms with van der Waals surface area (Å²) in [4.78, 5) is 4.38. The summed E-state index contributed by atoms with van der Waals surface area (Å²) in [6.45, 7) is 3.82. The lowest BCUT2D eigenvalue weighted by molar-refractivity contribution is 0.0760. The van der Waals surface area contributed by atoms with E-state index in [1.807, 2.05) is 67.6 Å². The highest BCUT2D eigenvalue weighted by atomic mass is 16.6. The first-order chi connectivity index (χ1) is 13.8. The summed E-state index contributed by atoms with van der Waals surface area (Å²) >= 11 is 0. The Morgan fingerprint density at radius 2 is 1.64 bits per heavy atom. The monoisotopic (exact) mass is 379 g/mol. The quantitative estimate of drug-likeness (QED) is 0.476. The lowest BCUT2D eigenvalue weighted by Gasteiger charge is -2.12. The second kappa shape index (κ2) is 10.3. The van der Waals surface area contributed by atoms with Crippen LogP contribution in [0.5, 0.6) is 17.2 Å². The normalized spacial score (nSPS) is 11.1. The van der Waals surface area contributed by atoms with E-state index in [0.717, 1.165) is 22.2 Å². The minimum Gasteiger partial charge on any atom is -0.493 e. The minimum absolute atomic E-state index is 0.440. The van der Waals surface area contributed by atoms with Crippen molar-refractivity contribution >= 4 is 17.0 Å². The van der Waals surface area contributed by atoms with Gasteiger partial charge in [-0.05, 0) is 36.8 Å². The molecule has 0 atom stereocenters. The van der Waals surface area contributed by atoms with Gasteiger partial charge in [0.05, 0.1) is 20.3 Å². The van der Waals surface area contributed by atoms with Crippen LogP contribution in [-0.2, 0) is 4.74 Å². The molecule has 0 amide bonds. The minimum atomic E-state index is 0.440. The fraction of sp³-hybridized carbons (Fsp3) is 0.261. The van der Waals surface area contributed by atoms with Gasteiger partial charge in [0, 0.05) is 11.6 Å². The summed E-state index contributed by atoms with van der Waals surface area (Å²) in [6.07, 6.45) is 5.77. The SMILES string of the molecule is CC=Cc1ccc(OCCOCCOc2cccc3cccnc23)c(OC)c1. The molecule has 3 rings (SSSR count). The largest absolute Gasteiger partial charge is 0.493 e. The molecule has 28 heavy (non-hydrogen) atoms. The smallest absolute Gasteiger partial charge is 0.161 e. The van der Waals surface area contributed by atoms with Gasteiger partial charge in [0.25, 0.3) is 0 Å². The van der Waals surface area contributed by atoms with Crippen molar-refractivity contribution in [2.45, 2.75) is 6.92 Å². The molecular formula is C23H25NO4. The number of allylic oxidation sites excluding steroid dienone is 1. The van der Waals surface area contributed by atoms with Crippen LogP contribution in [0.1, 0.15) is 12.5 Å². The van der Waals surface area contributed by atoms with E-state index in [4.69, 9.17) is 18.9 Å². The molecule has 146 valence electrons. The van der Waals surface area contributed by atoms with Crippen LogP contribution in [0, 0.1) is 0 Å². The van der Waals surface area contributed by atoms with Crippen LogP contribution < -0.4 is 14.2 Å². The van der Waals surface area contributed by atoms with Crippen LogP contribution in [0.15, 0.2) is 60.8 Å². The van der Waals surface area contributed by atoms with E-state index in [2.05, 4.69) is 4.98 Å². The average Bonchev–Trinajstić information content (AvgIpc) is 2.74. The number of hydrogen-bond acceptors (Lipinski definition) is 5. The van der Waals surface area contributed by atoms with Crippen molar-refractivity contribution < 1.29 is 18.9 Å². The van der Waals surface area contributed by atoms with Gasteiger partial charge in [0.2, 0.25) is 0 Å². The van der Waals surface area contributed by atoms with Crippen molar-refractivity contribution in [2.75, 3.05) is 33.5 Å². The number of para-hydroxylation sites is 1. The number of hydrogen-bond donors (Lipinski definition) is 0. The molecule has 1 aromatic heterocycles. The van der Waals surface area contributed by atoms with Gasteiger partial charge in [0.15, 0.2) is 11.5 Å². The van der Waals surface area contributed by atoms with Crippen LogP contribution in [0.4, 0.5) is 0 Å². The summed E-state index contributed by atoms with van der Waals surface area (Å²) in [5.74, 6) is 2.18. The number of aromatic nitrogens is 1. The molecule has 0 spiro atoms. The number of methoxy groups -OCH3 is 1. The third kappa shape index (κ3) is 5.24. The maximum Gasteiger partial charge on any atom is 0.161 e. The van der Waals surface area contributed by atoms with E-state index < -0.39 is 0 Å². The Labute approximate surface area is 165 Å². The summed E-state index contributed by atoms with van der Waals surface area (Å²) in [7, 11) is 1.64. The van der Waals surface area contributed by atoms with Crippen molar-refractivity contribution in [3.63, 3.8) is 0 Å². The van der Waals surface area contributed by atoms with Gasteiger partial charge in [-0.3, -0.25) is 4.98 Å². The second-order valence-corrected chi connectivity index (χ2v) is 6.05. The number of fused-ring (bicyclic) bond motifs is 1. The first-order valence-electron chi connectivity index (χ1n) is 9.29. The number of pyridine rings is 1. The summed E-state index contributed by atoms with van der Waals surface area (Å²) in [6, 6.07) is 15.7. The maximum atomic E-state index is 5.80. The van der Waals surface area contributed by atoms with E-state index in [0.29, 0.717) is 37.9 Å². The van der Waals surface area contributed by atoms with Gasteiger partial charge in [-0.15, -0.1) is 0 Å². The van der Waals surface area contributed by atoms with E-state index >= 15 is 0 Å². The number of rotatable bonds is 10. The lowest BCUT2D eigenvalue weighted by Crippen LogP contribution is -2.12. The molecule has 0 aliphatic heterocycles. The molecule has 0 aliphatic rings. The lowest BCUT2D eigenvalue weighted by atomic mass is 10.2. The molecule has 2 aromatic carbocycles. The van der Waals surface area contributed by atoms with Crippen molar-refractivity contribution in [3.05, 3.63) is 66.4 Å². The summed E-state index contributed by atoms with van der Waals surface area (Å²) < 4.78 is 22.5. The number of benzene rings is 2. The van der Waals surface area contributed by atoms with Crippen LogP contribution >= 0.6 is 0 Å². The van der Waals surface area contributed by atoms with Crippen LogP contribution in [0.25, 0.3) is 17.0 Å². The molecule has 5 nitrogen and oxygen atoms in total. The van der Waals surface area contributed by atoms with E-state index in [1.165, 1.54) is 0 Å². The van der Waals surface area contributed by atoms with Crippen molar-refractivity contribution in [1.29, 1.82) is 0 Å². The van der Waals surface area contributed by atoms with Gasteiger partial charge in [0.1, 0.15) is 24.5 Å². The Balaban J connectivity index is 1.39. The molecule has 0 saturated heterocycles.